The molecule has 2 aliphatic carbocycles. The summed E-state index contributed by atoms with van der Waals surface area (Å²) < 4.78 is 0. The van der Waals surface area contributed by atoms with E-state index in [1.54, 1.807) is 6.07 Å². The van der Waals surface area contributed by atoms with Gasteiger partial charge in [-0.3, -0.25) is 0 Å². The molecule has 0 heterocycles. The molecule has 0 aromatic heterocycles. The molecule has 0 spiro atoms. The van der Waals surface area contributed by atoms with E-state index in [1.165, 1.54) is 25.3 Å². The molecule has 0 amide bonds. The summed E-state index contributed by atoms with van der Waals surface area (Å²) in [4.78, 5) is 0. The van der Waals surface area contributed by atoms with Crippen LogP contribution in [0.4, 0.5) is 0 Å². The predicted octanol–water partition coefficient (Wildman–Crippen LogP) is 4.03. The second kappa shape index (κ2) is 3.43. The van der Waals surface area contributed by atoms with E-state index < -0.39 is 0 Å². The molecule has 18 heavy (non-hydrogen) atoms. The molecular weight excluding hydrogens is 224 g/mol. The zero-order chi connectivity index (χ0) is 13.1. The van der Waals surface area contributed by atoms with Crippen molar-refractivity contribution in [2.75, 3.05) is 0 Å². The minimum atomic E-state index is 0.142. The van der Waals surface area contributed by atoms with Crippen LogP contribution in [0.25, 0.3) is 0 Å². The number of benzene rings is 1. The van der Waals surface area contributed by atoms with Gasteiger partial charge in [-0.05, 0) is 53.6 Å². The molecule has 98 valence electrons. The second-order valence-electron chi connectivity index (χ2n) is 6.91. The molecule has 1 aromatic rings. The molecule has 2 nitrogen and oxygen atoms in total. The number of rotatable bonds is 1. The first-order valence-corrected chi connectivity index (χ1v) is 6.88. The zero-order valence-electron chi connectivity index (χ0n) is 11.4. The maximum atomic E-state index is 10.1. The molecule has 1 aromatic carbocycles. The third-order valence-corrected chi connectivity index (χ3v) is 6.18. The van der Waals surface area contributed by atoms with Gasteiger partial charge in [0.25, 0.3) is 0 Å². The summed E-state index contributed by atoms with van der Waals surface area (Å²) >= 11 is 0. The molecule has 3 rings (SSSR count). The van der Waals surface area contributed by atoms with Crippen LogP contribution in [-0.4, -0.2) is 10.2 Å². The van der Waals surface area contributed by atoms with Gasteiger partial charge in [0.2, 0.25) is 0 Å². The highest BCUT2D eigenvalue weighted by atomic mass is 16.3. The highest BCUT2D eigenvalue weighted by Crippen LogP contribution is 2.71. The van der Waals surface area contributed by atoms with Crippen molar-refractivity contribution in [1.29, 1.82) is 0 Å². The quantitative estimate of drug-likeness (QED) is 0.785. The highest BCUT2D eigenvalue weighted by Gasteiger charge is 2.61. The van der Waals surface area contributed by atoms with E-state index in [1.807, 2.05) is 6.07 Å². The van der Waals surface area contributed by atoms with E-state index in [4.69, 9.17) is 0 Å². The summed E-state index contributed by atoms with van der Waals surface area (Å²) in [6, 6.07) is 5.06. The van der Waals surface area contributed by atoms with E-state index in [-0.39, 0.29) is 16.9 Å². The number of phenols is 2. The Morgan fingerprint density at radius 2 is 1.89 bits per heavy atom. The topological polar surface area (TPSA) is 40.5 Å². The summed E-state index contributed by atoms with van der Waals surface area (Å²) in [6.07, 6.45) is 3.73. The molecule has 3 atom stereocenters. The summed E-state index contributed by atoms with van der Waals surface area (Å²) in [5.74, 6) is 1.58. The molecule has 2 fully saturated rings. The summed E-state index contributed by atoms with van der Waals surface area (Å²) in [6.45, 7) is 7.13. The third kappa shape index (κ3) is 1.29. The first kappa shape index (κ1) is 11.9. The van der Waals surface area contributed by atoms with Gasteiger partial charge in [-0.25, -0.2) is 0 Å². The second-order valence-corrected chi connectivity index (χ2v) is 6.91. The number of phenolic OH excluding ortho intramolecular Hbond substituents is 2. The largest absolute Gasteiger partial charge is 0.508 e. The van der Waals surface area contributed by atoms with Gasteiger partial charge in [-0.15, -0.1) is 0 Å². The lowest BCUT2D eigenvalue weighted by Crippen LogP contribution is -2.31. The lowest BCUT2D eigenvalue weighted by Gasteiger charge is -2.39. The van der Waals surface area contributed by atoms with Crippen LogP contribution < -0.4 is 0 Å². The average Bonchev–Trinajstić information content (AvgIpc) is 2.61. The van der Waals surface area contributed by atoms with Gasteiger partial charge in [-0.2, -0.15) is 0 Å². The van der Waals surface area contributed by atoms with Gasteiger partial charge in [-0.1, -0.05) is 26.8 Å². The Bertz CT molecular complexity index is 492. The van der Waals surface area contributed by atoms with Crippen LogP contribution in [0.3, 0.4) is 0 Å². The first-order valence-electron chi connectivity index (χ1n) is 6.88. The van der Waals surface area contributed by atoms with Crippen LogP contribution in [-0.2, 0) is 0 Å². The maximum Gasteiger partial charge on any atom is 0.122 e. The van der Waals surface area contributed by atoms with Crippen molar-refractivity contribution < 1.29 is 10.2 Å². The van der Waals surface area contributed by atoms with Gasteiger partial charge in [0.1, 0.15) is 11.5 Å². The maximum absolute atomic E-state index is 10.1. The van der Waals surface area contributed by atoms with E-state index in [9.17, 15) is 10.2 Å². The molecule has 0 aliphatic heterocycles. The molecule has 2 heteroatoms. The molecule has 0 saturated heterocycles. The number of aromatic hydroxyl groups is 2. The zero-order valence-corrected chi connectivity index (χ0v) is 11.4. The van der Waals surface area contributed by atoms with Gasteiger partial charge in [0.15, 0.2) is 0 Å². The van der Waals surface area contributed by atoms with Crippen molar-refractivity contribution in [3.8, 4) is 11.5 Å². The molecule has 2 aliphatic rings. The summed E-state index contributed by atoms with van der Waals surface area (Å²) in [5, 5.41) is 19.5. The van der Waals surface area contributed by atoms with Crippen molar-refractivity contribution in [2.24, 2.45) is 16.7 Å². The smallest absolute Gasteiger partial charge is 0.122 e. The Balaban J connectivity index is 2.05. The third-order valence-electron chi connectivity index (χ3n) is 6.18. The lowest BCUT2D eigenvalue weighted by molar-refractivity contribution is 0.133. The normalized spacial score (nSPS) is 37.1. The number of hydrogen-bond acceptors (Lipinski definition) is 2. The van der Waals surface area contributed by atoms with Crippen LogP contribution in [0.2, 0.25) is 0 Å². The predicted molar refractivity (Wildman–Crippen MR) is 71.7 cm³/mol. The van der Waals surface area contributed by atoms with Gasteiger partial charge in [0.05, 0.1) is 0 Å². The Morgan fingerprint density at radius 3 is 2.39 bits per heavy atom. The molecule has 0 unspecified atom stereocenters. The summed E-state index contributed by atoms with van der Waals surface area (Å²) in [7, 11) is 0. The minimum absolute atomic E-state index is 0.142. The van der Waals surface area contributed by atoms with Crippen molar-refractivity contribution in [2.45, 2.75) is 46.0 Å². The van der Waals surface area contributed by atoms with Crippen LogP contribution in [0, 0.1) is 16.7 Å². The van der Waals surface area contributed by atoms with Crippen LogP contribution in [0.5, 0.6) is 11.5 Å². The SMILES string of the molecule is CC1(C)[C@@H]2CC[C@@]1(C)[C@H](c1ccc(O)cc1O)C2. The van der Waals surface area contributed by atoms with Gasteiger partial charge < -0.3 is 10.2 Å². The molecule has 0 radical (unpaired) electrons. The van der Waals surface area contributed by atoms with Crippen molar-refractivity contribution in [3.63, 3.8) is 0 Å². The Morgan fingerprint density at radius 1 is 1.17 bits per heavy atom. The van der Waals surface area contributed by atoms with Gasteiger partial charge >= 0.3 is 0 Å². The Kier molecular flexibility index (Phi) is 2.27. The monoisotopic (exact) mass is 246 g/mol. The molecular formula is C16H22O2. The fourth-order valence-electron chi connectivity index (χ4n) is 4.50. The van der Waals surface area contributed by atoms with Crippen molar-refractivity contribution >= 4 is 0 Å². The Labute approximate surface area is 109 Å². The fourth-order valence-corrected chi connectivity index (χ4v) is 4.50. The van der Waals surface area contributed by atoms with Crippen molar-refractivity contribution in [3.05, 3.63) is 23.8 Å². The minimum Gasteiger partial charge on any atom is -0.508 e. The molecule has 2 bridgehead atoms. The van der Waals surface area contributed by atoms with Gasteiger partial charge in [0, 0.05) is 6.07 Å². The average molecular weight is 246 g/mol. The Hall–Kier alpha value is -1.18. The fraction of sp³-hybridized carbons (Fsp3) is 0.625. The number of fused-ring (bicyclic) bond motifs is 2. The van der Waals surface area contributed by atoms with Crippen LogP contribution >= 0.6 is 0 Å². The molecule has 2 N–H and O–H groups in total. The van der Waals surface area contributed by atoms with E-state index >= 15 is 0 Å². The highest BCUT2D eigenvalue weighted by molar-refractivity contribution is 5.43. The lowest BCUT2D eigenvalue weighted by atomic mass is 9.65. The van der Waals surface area contributed by atoms with E-state index in [0.717, 1.165) is 11.5 Å². The van der Waals surface area contributed by atoms with Crippen molar-refractivity contribution in [1.82, 2.24) is 0 Å². The number of hydrogen-bond donors (Lipinski definition) is 2. The van der Waals surface area contributed by atoms with E-state index in [2.05, 4.69) is 20.8 Å². The van der Waals surface area contributed by atoms with Crippen LogP contribution in [0.1, 0.15) is 51.5 Å². The molecule has 2 saturated carbocycles. The first-order chi connectivity index (χ1) is 8.36. The summed E-state index contributed by atoms with van der Waals surface area (Å²) in [5.41, 5.74) is 1.64. The standard InChI is InChI=1S/C16H22O2/c1-15(2)10-6-7-16(15,3)13(8-10)12-5-4-11(17)9-14(12)18/h4-5,9-10,13,17-18H,6-8H2,1-3H3/t10-,13+,16+/m1/s1. The van der Waals surface area contributed by atoms with E-state index in [0.29, 0.717) is 11.3 Å². The van der Waals surface area contributed by atoms with Crippen LogP contribution in [0.15, 0.2) is 18.2 Å².